The smallest absolute Gasteiger partial charge is 0.263 e. The number of ether oxygens (including phenoxy) is 2. The van der Waals surface area contributed by atoms with E-state index in [-0.39, 0.29) is 18.3 Å². The third kappa shape index (κ3) is 4.27. The summed E-state index contributed by atoms with van der Waals surface area (Å²) in [7, 11) is 0. The lowest BCUT2D eigenvalue weighted by atomic mass is 9.97. The number of nitrogens with one attached hydrogen (secondary N) is 1. The van der Waals surface area contributed by atoms with E-state index < -0.39 is 5.25 Å². The van der Waals surface area contributed by atoms with Gasteiger partial charge in [0.2, 0.25) is 12.7 Å². The SMILES string of the molecule is C=CCn1c(SC(C)C(=O)NCc2ccc3c(c2)OCO3)nc2sc3c(c2c1=O)CCCC3. The van der Waals surface area contributed by atoms with Gasteiger partial charge in [0, 0.05) is 18.0 Å². The van der Waals surface area contributed by atoms with Crippen LogP contribution in [0.3, 0.4) is 0 Å². The van der Waals surface area contributed by atoms with Gasteiger partial charge in [-0.2, -0.15) is 0 Å². The van der Waals surface area contributed by atoms with Crippen LogP contribution in [0.5, 0.6) is 11.5 Å². The highest BCUT2D eigenvalue weighted by molar-refractivity contribution is 8.00. The van der Waals surface area contributed by atoms with Gasteiger partial charge in [-0.15, -0.1) is 17.9 Å². The van der Waals surface area contributed by atoms with Gasteiger partial charge in [0.05, 0.1) is 10.6 Å². The lowest BCUT2D eigenvalue weighted by Crippen LogP contribution is -2.31. The first-order valence-corrected chi connectivity index (χ1v) is 12.7. The average molecular weight is 484 g/mol. The van der Waals surface area contributed by atoms with Gasteiger partial charge in [-0.1, -0.05) is 23.9 Å². The topological polar surface area (TPSA) is 82.5 Å². The van der Waals surface area contributed by atoms with E-state index in [1.165, 1.54) is 22.2 Å². The van der Waals surface area contributed by atoms with Crippen LogP contribution in [0.15, 0.2) is 40.8 Å². The molecule has 172 valence electrons. The molecule has 0 spiro atoms. The van der Waals surface area contributed by atoms with Crippen molar-refractivity contribution in [1.82, 2.24) is 14.9 Å². The van der Waals surface area contributed by atoms with Crippen LogP contribution in [-0.2, 0) is 30.7 Å². The summed E-state index contributed by atoms with van der Waals surface area (Å²) in [6.07, 6.45) is 5.91. The summed E-state index contributed by atoms with van der Waals surface area (Å²) >= 11 is 2.92. The Labute approximate surface area is 199 Å². The van der Waals surface area contributed by atoms with Gasteiger partial charge in [0.25, 0.3) is 5.56 Å². The second-order valence-corrected chi connectivity index (χ2v) is 10.5. The minimum absolute atomic E-state index is 0.0326. The summed E-state index contributed by atoms with van der Waals surface area (Å²) < 4.78 is 12.4. The number of thioether (sulfide) groups is 1. The van der Waals surface area contributed by atoms with Gasteiger partial charge in [-0.25, -0.2) is 4.98 Å². The molecule has 3 heterocycles. The number of aryl methyl sites for hydroxylation is 2. The van der Waals surface area contributed by atoms with Gasteiger partial charge < -0.3 is 14.8 Å². The van der Waals surface area contributed by atoms with Crippen LogP contribution >= 0.6 is 23.1 Å². The number of fused-ring (bicyclic) bond motifs is 4. The largest absolute Gasteiger partial charge is 0.454 e. The summed E-state index contributed by atoms with van der Waals surface area (Å²) in [6.45, 7) is 6.59. The normalized spacial score (nSPS) is 15.3. The van der Waals surface area contributed by atoms with E-state index in [1.54, 1.807) is 22.0 Å². The van der Waals surface area contributed by atoms with Crippen molar-refractivity contribution in [2.24, 2.45) is 0 Å². The van der Waals surface area contributed by atoms with Gasteiger partial charge >= 0.3 is 0 Å². The number of nitrogens with zero attached hydrogens (tertiary/aromatic N) is 2. The van der Waals surface area contributed by atoms with E-state index in [9.17, 15) is 9.59 Å². The molecule has 33 heavy (non-hydrogen) atoms. The molecule has 1 amide bonds. The number of amides is 1. The standard InChI is InChI=1S/C24H25N3O4S2/c1-3-10-27-23(29)20-16-6-4-5-7-19(16)33-22(20)26-24(27)32-14(2)21(28)25-12-15-8-9-17-18(11-15)31-13-30-17/h3,8-9,11,14H,1,4-7,10,12-13H2,2H3,(H,25,28). The molecule has 0 bridgehead atoms. The van der Waals surface area contributed by atoms with E-state index in [2.05, 4.69) is 11.9 Å². The average Bonchev–Trinajstić information content (AvgIpc) is 3.43. The van der Waals surface area contributed by atoms with Crippen molar-refractivity contribution in [3.8, 4) is 11.5 Å². The summed E-state index contributed by atoms with van der Waals surface area (Å²) in [4.78, 5) is 33.1. The quantitative estimate of drug-likeness (QED) is 0.310. The molecule has 1 aromatic carbocycles. The molecule has 0 radical (unpaired) electrons. The molecular formula is C24H25N3O4S2. The van der Waals surface area contributed by atoms with Crippen LogP contribution in [0, 0.1) is 0 Å². The molecule has 2 aliphatic rings. The lowest BCUT2D eigenvalue weighted by molar-refractivity contribution is -0.120. The molecule has 5 rings (SSSR count). The third-order valence-electron chi connectivity index (χ3n) is 5.91. The molecule has 1 aliphatic carbocycles. The highest BCUT2D eigenvalue weighted by Crippen LogP contribution is 2.35. The molecule has 1 N–H and O–H groups in total. The monoisotopic (exact) mass is 483 g/mol. The molecule has 9 heteroatoms. The first-order chi connectivity index (χ1) is 16.0. The Morgan fingerprint density at radius 2 is 2.15 bits per heavy atom. The maximum absolute atomic E-state index is 13.4. The van der Waals surface area contributed by atoms with E-state index >= 15 is 0 Å². The zero-order valence-corrected chi connectivity index (χ0v) is 20.0. The van der Waals surface area contributed by atoms with Crippen molar-refractivity contribution in [3.05, 3.63) is 57.2 Å². The van der Waals surface area contributed by atoms with Crippen molar-refractivity contribution >= 4 is 39.2 Å². The number of rotatable bonds is 7. The fourth-order valence-electron chi connectivity index (χ4n) is 4.20. The van der Waals surface area contributed by atoms with Crippen molar-refractivity contribution in [2.75, 3.05) is 6.79 Å². The van der Waals surface area contributed by atoms with Gasteiger partial charge in [0.1, 0.15) is 4.83 Å². The van der Waals surface area contributed by atoms with Gasteiger partial charge in [0.15, 0.2) is 16.7 Å². The summed E-state index contributed by atoms with van der Waals surface area (Å²) in [6, 6.07) is 5.62. The molecular weight excluding hydrogens is 458 g/mol. The van der Waals surface area contributed by atoms with Crippen molar-refractivity contribution in [3.63, 3.8) is 0 Å². The number of hydrogen-bond donors (Lipinski definition) is 1. The molecule has 1 aliphatic heterocycles. The van der Waals surface area contributed by atoms with E-state index in [0.29, 0.717) is 29.7 Å². The van der Waals surface area contributed by atoms with Crippen LogP contribution in [0.1, 0.15) is 35.8 Å². The van der Waals surface area contributed by atoms with Crippen LogP contribution in [-0.4, -0.2) is 27.5 Å². The Kier molecular flexibility index (Phi) is 6.16. The van der Waals surface area contributed by atoms with Gasteiger partial charge in [-0.05, 0) is 55.9 Å². The Hall–Kier alpha value is -2.78. The summed E-state index contributed by atoms with van der Waals surface area (Å²) in [5, 5.41) is 3.85. The Balaban J connectivity index is 1.35. The number of carbonyl (C=O) groups excluding carboxylic acids is 1. The summed E-state index contributed by atoms with van der Waals surface area (Å²) in [5.74, 6) is 1.28. The van der Waals surface area contributed by atoms with E-state index in [0.717, 1.165) is 41.5 Å². The predicted octanol–water partition coefficient (Wildman–Crippen LogP) is 4.05. The Morgan fingerprint density at radius 3 is 3.00 bits per heavy atom. The molecule has 0 saturated carbocycles. The highest BCUT2D eigenvalue weighted by Gasteiger charge is 2.24. The number of carbonyl (C=O) groups is 1. The summed E-state index contributed by atoms with van der Waals surface area (Å²) in [5.41, 5.74) is 2.06. The van der Waals surface area contributed by atoms with Crippen molar-refractivity contribution in [2.45, 2.75) is 56.1 Å². The third-order valence-corrected chi connectivity index (χ3v) is 8.18. The highest BCUT2D eigenvalue weighted by atomic mass is 32.2. The van der Waals surface area contributed by atoms with Crippen LogP contribution in [0.2, 0.25) is 0 Å². The molecule has 0 fully saturated rings. The number of aromatic nitrogens is 2. The Bertz CT molecular complexity index is 1300. The molecule has 0 saturated heterocycles. The first kappa shape index (κ1) is 22.0. The van der Waals surface area contributed by atoms with Crippen LogP contribution in [0.4, 0.5) is 0 Å². The minimum Gasteiger partial charge on any atom is -0.454 e. The van der Waals surface area contributed by atoms with Crippen molar-refractivity contribution in [1.29, 1.82) is 0 Å². The lowest BCUT2D eigenvalue weighted by Gasteiger charge is -2.15. The zero-order chi connectivity index (χ0) is 22.9. The first-order valence-electron chi connectivity index (χ1n) is 11.0. The number of thiophene rings is 1. The molecule has 3 aromatic rings. The van der Waals surface area contributed by atoms with Crippen molar-refractivity contribution < 1.29 is 14.3 Å². The van der Waals surface area contributed by atoms with Crippen LogP contribution < -0.4 is 20.3 Å². The molecule has 2 aromatic heterocycles. The predicted molar refractivity (Wildman–Crippen MR) is 130 cm³/mol. The van der Waals surface area contributed by atoms with Gasteiger partial charge in [-0.3, -0.25) is 14.2 Å². The fourth-order valence-corrected chi connectivity index (χ4v) is 6.44. The maximum atomic E-state index is 13.4. The second kappa shape index (κ2) is 9.23. The van der Waals surface area contributed by atoms with E-state index in [1.807, 2.05) is 25.1 Å². The number of allylic oxidation sites excluding steroid dienone is 1. The molecule has 1 atom stereocenters. The number of hydrogen-bond acceptors (Lipinski definition) is 7. The molecule has 1 unspecified atom stereocenters. The Morgan fingerprint density at radius 1 is 1.33 bits per heavy atom. The van der Waals surface area contributed by atoms with Crippen LogP contribution in [0.25, 0.3) is 10.2 Å². The minimum atomic E-state index is -0.422. The number of benzene rings is 1. The fraction of sp³-hybridized carbons (Fsp3) is 0.375. The zero-order valence-electron chi connectivity index (χ0n) is 18.4. The second-order valence-electron chi connectivity index (χ2n) is 8.16. The maximum Gasteiger partial charge on any atom is 0.263 e. The molecule has 7 nitrogen and oxygen atoms in total. The van der Waals surface area contributed by atoms with E-state index in [4.69, 9.17) is 14.5 Å².